The average molecular weight is 326 g/mol. The van der Waals surface area contributed by atoms with Gasteiger partial charge in [0.2, 0.25) is 0 Å². The van der Waals surface area contributed by atoms with Crippen LogP contribution < -0.4 is 4.90 Å². The van der Waals surface area contributed by atoms with Crippen molar-refractivity contribution >= 4 is 26.7 Å². The molecule has 118 valence electrons. The third-order valence-electron chi connectivity index (χ3n) is 4.74. The highest BCUT2D eigenvalue weighted by Crippen LogP contribution is 2.41. The van der Waals surface area contributed by atoms with Gasteiger partial charge >= 0.3 is 0 Å². The predicted molar refractivity (Wildman–Crippen MR) is 90.6 cm³/mol. The number of aromatic nitrogens is 3. The summed E-state index contributed by atoms with van der Waals surface area (Å²) in [5.74, 6) is 0.423. The first-order chi connectivity index (χ1) is 11.3. The number of hydrogen-bond acceptors (Lipinski definition) is 5. The van der Waals surface area contributed by atoms with E-state index in [-0.39, 0.29) is 6.10 Å². The van der Waals surface area contributed by atoms with E-state index in [9.17, 15) is 5.11 Å². The van der Waals surface area contributed by atoms with Gasteiger partial charge in [-0.2, -0.15) is 5.10 Å². The minimum absolute atomic E-state index is 0.385. The average Bonchev–Trinajstić information content (AvgIpc) is 3.19. The zero-order chi connectivity index (χ0) is 15.4. The molecule has 23 heavy (non-hydrogen) atoms. The summed E-state index contributed by atoms with van der Waals surface area (Å²) in [6.07, 6.45) is 1.87. The summed E-state index contributed by atoms with van der Waals surface area (Å²) in [6, 6.07) is 10.3. The Labute approximate surface area is 138 Å². The van der Waals surface area contributed by atoms with Crippen molar-refractivity contribution in [3.63, 3.8) is 0 Å². The van der Waals surface area contributed by atoms with Crippen LogP contribution in [0.1, 0.15) is 30.3 Å². The molecule has 1 fully saturated rings. The molecular weight excluding hydrogens is 308 g/mol. The molecule has 0 saturated heterocycles. The molecule has 0 bridgehead atoms. The monoisotopic (exact) mass is 326 g/mol. The molecule has 5 nitrogen and oxygen atoms in total. The summed E-state index contributed by atoms with van der Waals surface area (Å²) in [5, 5.41) is 16.0. The Morgan fingerprint density at radius 1 is 1.22 bits per heavy atom. The second kappa shape index (κ2) is 5.04. The van der Waals surface area contributed by atoms with Gasteiger partial charge < -0.3 is 10.0 Å². The molecule has 2 aromatic heterocycles. The van der Waals surface area contributed by atoms with Crippen LogP contribution in [0.3, 0.4) is 0 Å². The molecule has 1 aromatic carbocycles. The number of rotatable bonds is 3. The van der Waals surface area contributed by atoms with E-state index in [0.717, 1.165) is 48.8 Å². The first-order valence-corrected chi connectivity index (χ1v) is 8.95. The fraction of sp³-hybridized carbons (Fsp3) is 0.412. The van der Waals surface area contributed by atoms with Crippen LogP contribution in [-0.2, 0) is 13.1 Å². The van der Waals surface area contributed by atoms with Crippen molar-refractivity contribution in [3.8, 4) is 0 Å². The molecule has 1 saturated carbocycles. The quantitative estimate of drug-likeness (QED) is 0.804. The van der Waals surface area contributed by atoms with Crippen molar-refractivity contribution in [2.75, 3.05) is 11.4 Å². The van der Waals surface area contributed by atoms with E-state index in [0.29, 0.717) is 5.92 Å². The number of thiazole rings is 1. The molecule has 2 aliphatic rings. The van der Waals surface area contributed by atoms with E-state index in [1.807, 2.05) is 10.7 Å². The number of aliphatic hydroxyl groups is 1. The third kappa shape index (κ3) is 2.33. The van der Waals surface area contributed by atoms with Crippen LogP contribution in [0, 0.1) is 5.92 Å². The molecular formula is C17H18N4OS. The van der Waals surface area contributed by atoms with Gasteiger partial charge in [0.15, 0.2) is 5.13 Å². The molecule has 5 rings (SSSR count). The highest BCUT2D eigenvalue weighted by molar-refractivity contribution is 7.22. The number of anilines is 1. The van der Waals surface area contributed by atoms with Gasteiger partial charge in [0.25, 0.3) is 0 Å². The minimum atomic E-state index is -0.385. The minimum Gasteiger partial charge on any atom is -0.386 e. The molecule has 0 unspecified atom stereocenters. The summed E-state index contributed by atoms with van der Waals surface area (Å²) in [5.41, 5.74) is 3.08. The lowest BCUT2D eigenvalue weighted by atomic mass is 10.1. The maximum absolute atomic E-state index is 10.3. The molecule has 0 radical (unpaired) electrons. The van der Waals surface area contributed by atoms with Crippen LogP contribution >= 0.6 is 11.3 Å². The van der Waals surface area contributed by atoms with Gasteiger partial charge in [0, 0.05) is 6.54 Å². The van der Waals surface area contributed by atoms with Crippen molar-refractivity contribution in [3.05, 3.63) is 41.7 Å². The standard InChI is InChI=1S/C17H18N4OS/c22-16(11-5-6-11)14-9-12-10-20(7-8-21(12)19-14)17-18-13-3-1-2-4-15(13)23-17/h1-4,9,11,16,22H,5-8,10H2/t16-/m1/s1. The van der Waals surface area contributed by atoms with Crippen molar-refractivity contribution in [2.45, 2.75) is 32.0 Å². The Morgan fingerprint density at radius 3 is 2.91 bits per heavy atom. The summed E-state index contributed by atoms with van der Waals surface area (Å²) in [6.45, 7) is 2.57. The maximum atomic E-state index is 10.3. The zero-order valence-electron chi connectivity index (χ0n) is 12.7. The number of benzene rings is 1. The Kier molecular flexibility index (Phi) is 2.96. The fourth-order valence-corrected chi connectivity index (χ4v) is 4.24. The van der Waals surface area contributed by atoms with Gasteiger partial charge in [-0.05, 0) is 37.0 Å². The van der Waals surface area contributed by atoms with Gasteiger partial charge in [0.05, 0.1) is 34.7 Å². The van der Waals surface area contributed by atoms with Crippen LogP contribution in [0.5, 0.6) is 0 Å². The Balaban J connectivity index is 1.42. The highest BCUT2D eigenvalue weighted by Gasteiger charge is 2.33. The summed E-state index contributed by atoms with van der Waals surface area (Å²) in [4.78, 5) is 7.07. The van der Waals surface area contributed by atoms with Crippen LogP contribution in [-0.4, -0.2) is 26.4 Å². The van der Waals surface area contributed by atoms with Gasteiger partial charge in [-0.3, -0.25) is 4.68 Å². The van der Waals surface area contributed by atoms with Gasteiger partial charge in [-0.1, -0.05) is 23.5 Å². The highest BCUT2D eigenvalue weighted by atomic mass is 32.1. The van der Waals surface area contributed by atoms with E-state index in [1.54, 1.807) is 11.3 Å². The largest absolute Gasteiger partial charge is 0.386 e. The van der Waals surface area contributed by atoms with Crippen molar-refractivity contribution in [1.82, 2.24) is 14.8 Å². The number of aliphatic hydroxyl groups excluding tert-OH is 1. The lowest BCUT2D eigenvalue weighted by molar-refractivity contribution is 0.148. The second-order valence-corrected chi connectivity index (χ2v) is 7.46. The van der Waals surface area contributed by atoms with E-state index in [1.165, 1.54) is 10.4 Å². The van der Waals surface area contributed by atoms with E-state index < -0.39 is 0 Å². The predicted octanol–water partition coefficient (Wildman–Crippen LogP) is 2.96. The van der Waals surface area contributed by atoms with Crippen LogP contribution in [0.4, 0.5) is 5.13 Å². The Bertz CT molecular complexity index is 833. The number of hydrogen-bond donors (Lipinski definition) is 1. The van der Waals surface area contributed by atoms with Crippen molar-refractivity contribution < 1.29 is 5.11 Å². The normalized spacial score (nSPS) is 19.1. The fourth-order valence-electron chi connectivity index (χ4n) is 3.25. The zero-order valence-corrected chi connectivity index (χ0v) is 13.5. The maximum Gasteiger partial charge on any atom is 0.186 e. The van der Waals surface area contributed by atoms with Crippen LogP contribution in [0.2, 0.25) is 0 Å². The number of para-hydroxylation sites is 1. The second-order valence-electron chi connectivity index (χ2n) is 6.45. The molecule has 0 spiro atoms. The molecule has 1 atom stereocenters. The lowest BCUT2D eigenvalue weighted by Crippen LogP contribution is -2.33. The van der Waals surface area contributed by atoms with Crippen molar-refractivity contribution in [2.24, 2.45) is 5.92 Å². The summed E-state index contributed by atoms with van der Waals surface area (Å²) >= 11 is 1.74. The first-order valence-electron chi connectivity index (χ1n) is 8.13. The Hall–Kier alpha value is -1.92. The van der Waals surface area contributed by atoms with Crippen LogP contribution in [0.15, 0.2) is 30.3 Å². The molecule has 6 heteroatoms. The van der Waals surface area contributed by atoms with Gasteiger partial charge in [0.1, 0.15) is 6.10 Å². The molecule has 3 aromatic rings. The molecule has 1 N–H and O–H groups in total. The third-order valence-corrected chi connectivity index (χ3v) is 5.84. The van der Waals surface area contributed by atoms with Crippen LogP contribution in [0.25, 0.3) is 10.2 Å². The summed E-state index contributed by atoms with van der Waals surface area (Å²) in [7, 11) is 0. The Morgan fingerprint density at radius 2 is 2.09 bits per heavy atom. The molecule has 1 aliphatic carbocycles. The molecule has 0 amide bonds. The van der Waals surface area contributed by atoms with Crippen molar-refractivity contribution in [1.29, 1.82) is 0 Å². The van der Waals surface area contributed by atoms with E-state index >= 15 is 0 Å². The van der Waals surface area contributed by atoms with Gasteiger partial charge in [-0.15, -0.1) is 0 Å². The summed E-state index contributed by atoms with van der Waals surface area (Å²) < 4.78 is 3.27. The first kappa shape index (κ1) is 13.5. The van der Waals surface area contributed by atoms with Gasteiger partial charge in [-0.25, -0.2) is 4.98 Å². The van der Waals surface area contributed by atoms with E-state index in [4.69, 9.17) is 4.98 Å². The topological polar surface area (TPSA) is 54.2 Å². The SMILES string of the molecule is O[C@@H](c1cc2n(n1)CCN(c1nc3ccccc3s1)C2)C1CC1. The lowest BCUT2D eigenvalue weighted by Gasteiger charge is -2.27. The molecule has 3 heterocycles. The molecule has 1 aliphatic heterocycles. The number of fused-ring (bicyclic) bond motifs is 2. The van der Waals surface area contributed by atoms with E-state index in [2.05, 4.69) is 34.3 Å². The number of nitrogens with zero attached hydrogens (tertiary/aromatic N) is 4. The smallest absolute Gasteiger partial charge is 0.186 e.